The van der Waals surface area contributed by atoms with E-state index in [0.29, 0.717) is 13.2 Å². The molecule has 0 spiro atoms. The number of hydrogen-bond donors (Lipinski definition) is 3. The number of halogens is 3. The van der Waals surface area contributed by atoms with Crippen LogP contribution in [0.15, 0.2) is 84.9 Å². The number of ether oxygens (including phenoxy) is 1. The van der Waals surface area contributed by atoms with Gasteiger partial charge in [-0.05, 0) is 75.4 Å². The molecule has 3 aromatic rings. The maximum absolute atomic E-state index is 14.4. The maximum atomic E-state index is 14.4. The summed E-state index contributed by atoms with van der Waals surface area (Å²) in [4.78, 5) is 28.8. The van der Waals surface area contributed by atoms with Gasteiger partial charge in [0.2, 0.25) is 0 Å². The molecule has 3 N–H and O–H groups in total. The minimum absolute atomic E-state index is 0.0530. The van der Waals surface area contributed by atoms with Crippen LogP contribution in [0.3, 0.4) is 0 Å². The molecule has 2 fully saturated rings. The molecule has 0 bridgehead atoms. The summed E-state index contributed by atoms with van der Waals surface area (Å²) in [6, 6.07) is 24.2. The van der Waals surface area contributed by atoms with E-state index in [4.69, 9.17) is 4.74 Å². The number of carboxylic acids is 2. The molecule has 2 aliphatic rings. The number of hydrogen-bond acceptors (Lipinski definition) is 5. The van der Waals surface area contributed by atoms with Gasteiger partial charge in [0.15, 0.2) is 0 Å². The molecule has 2 heterocycles. The van der Waals surface area contributed by atoms with E-state index in [1.807, 2.05) is 12.1 Å². The summed E-state index contributed by atoms with van der Waals surface area (Å²) in [5.74, 6) is -4.17. The highest BCUT2D eigenvalue weighted by Crippen LogP contribution is 2.60. The van der Waals surface area contributed by atoms with E-state index in [-0.39, 0.29) is 30.4 Å². The monoisotopic (exact) mass is 680 g/mol. The Bertz CT molecular complexity index is 1540. The Morgan fingerprint density at radius 1 is 0.816 bits per heavy atom. The first-order chi connectivity index (χ1) is 23.3. The number of rotatable bonds is 12. The zero-order valence-electron chi connectivity index (χ0n) is 28.4. The number of nitrogens with zero attached hydrogens (tertiary/aromatic N) is 1. The minimum atomic E-state index is -4.81. The summed E-state index contributed by atoms with van der Waals surface area (Å²) in [6.07, 6.45) is -3.21. The third-order valence-corrected chi connectivity index (χ3v) is 11.6. The lowest BCUT2D eigenvalue weighted by Gasteiger charge is -2.57. The van der Waals surface area contributed by atoms with Crippen molar-refractivity contribution >= 4 is 11.9 Å². The lowest BCUT2D eigenvalue weighted by Crippen LogP contribution is -2.69. The van der Waals surface area contributed by atoms with Gasteiger partial charge in [0.25, 0.3) is 0 Å². The van der Waals surface area contributed by atoms with Crippen LogP contribution in [0.4, 0.5) is 13.2 Å². The van der Waals surface area contributed by atoms with E-state index in [0.717, 1.165) is 32.0 Å². The zero-order chi connectivity index (χ0) is 35.5. The Morgan fingerprint density at radius 3 is 1.84 bits per heavy atom. The van der Waals surface area contributed by atoms with Crippen LogP contribution in [-0.4, -0.2) is 72.0 Å². The zero-order valence-corrected chi connectivity index (χ0v) is 28.4. The summed E-state index contributed by atoms with van der Waals surface area (Å²) in [7, 11) is 0. The first kappa shape index (κ1) is 36.5. The fourth-order valence-electron chi connectivity index (χ4n) is 8.89. The summed E-state index contributed by atoms with van der Waals surface area (Å²) < 4.78 is 49.4. The number of piperidine rings is 2. The van der Waals surface area contributed by atoms with Gasteiger partial charge < -0.3 is 25.2 Å². The fraction of sp³-hybridized carbons (Fsp3) is 0.487. The highest BCUT2D eigenvalue weighted by atomic mass is 19.4. The van der Waals surface area contributed by atoms with Crippen molar-refractivity contribution in [3.05, 3.63) is 107 Å². The summed E-state index contributed by atoms with van der Waals surface area (Å²) in [5.41, 5.74) is -2.59. The molecule has 5 atom stereocenters. The number of nitrogens with one attached hydrogen (secondary N) is 1. The molecule has 0 amide bonds. The predicted molar refractivity (Wildman–Crippen MR) is 181 cm³/mol. The Labute approximate surface area is 286 Å². The van der Waals surface area contributed by atoms with Gasteiger partial charge in [-0.15, -0.1) is 0 Å². The molecule has 0 aliphatic carbocycles. The lowest BCUT2D eigenvalue weighted by atomic mass is 9.49. The fourth-order valence-corrected chi connectivity index (χ4v) is 8.89. The first-order valence-electron chi connectivity index (χ1n) is 17.1. The van der Waals surface area contributed by atoms with Gasteiger partial charge in [-0.2, -0.15) is 13.2 Å². The quantitative estimate of drug-likeness (QED) is 0.174. The third kappa shape index (κ3) is 6.62. The van der Waals surface area contributed by atoms with E-state index in [1.165, 1.54) is 29.3 Å². The summed E-state index contributed by atoms with van der Waals surface area (Å²) in [6.45, 7) is 7.35. The van der Waals surface area contributed by atoms with Crippen LogP contribution in [0.5, 0.6) is 0 Å². The number of carboxylic acid groups (broad SMARTS) is 2. The molecule has 0 saturated carbocycles. The molecule has 2 aliphatic heterocycles. The van der Waals surface area contributed by atoms with Gasteiger partial charge in [-0.3, -0.25) is 9.59 Å². The van der Waals surface area contributed by atoms with Crippen molar-refractivity contribution in [2.24, 2.45) is 10.8 Å². The van der Waals surface area contributed by atoms with Crippen LogP contribution in [-0.2, 0) is 25.9 Å². The number of alkyl halides is 3. The van der Waals surface area contributed by atoms with Crippen molar-refractivity contribution in [2.45, 2.75) is 76.0 Å². The average molecular weight is 681 g/mol. The Balaban J connectivity index is 1.34. The van der Waals surface area contributed by atoms with Crippen LogP contribution >= 0.6 is 0 Å². The Kier molecular flexibility index (Phi) is 10.9. The highest BCUT2D eigenvalue weighted by Gasteiger charge is 2.67. The molecule has 49 heavy (non-hydrogen) atoms. The normalized spacial score (nSPS) is 27.4. The topological polar surface area (TPSA) is 99.1 Å². The molecular formula is C39H47F3N2O5. The molecule has 4 unspecified atom stereocenters. The molecular weight excluding hydrogens is 633 g/mol. The lowest BCUT2D eigenvalue weighted by molar-refractivity contribution is -0.176. The van der Waals surface area contributed by atoms with Crippen molar-refractivity contribution in [3.63, 3.8) is 0 Å². The average Bonchev–Trinajstić information content (AvgIpc) is 3.09. The van der Waals surface area contributed by atoms with E-state index < -0.39 is 52.5 Å². The van der Waals surface area contributed by atoms with E-state index in [1.54, 1.807) is 20.8 Å². The second kappa shape index (κ2) is 14.6. The number of aliphatic carboxylic acids is 2. The largest absolute Gasteiger partial charge is 0.481 e. The molecule has 0 radical (unpaired) electrons. The smallest absolute Gasteiger partial charge is 0.416 e. The van der Waals surface area contributed by atoms with Crippen LogP contribution in [0, 0.1) is 10.8 Å². The van der Waals surface area contributed by atoms with Gasteiger partial charge in [0.1, 0.15) is 0 Å². The van der Waals surface area contributed by atoms with Gasteiger partial charge >= 0.3 is 18.1 Å². The molecule has 5 rings (SSSR count). The van der Waals surface area contributed by atoms with Crippen LogP contribution in [0.25, 0.3) is 0 Å². The van der Waals surface area contributed by atoms with Gasteiger partial charge in [-0.1, -0.05) is 85.8 Å². The van der Waals surface area contributed by atoms with Crippen LogP contribution in [0.1, 0.15) is 74.6 Å². The third-order valence-electron chi connectivity index (χ3n) is 11.6. The summed E-state index contributed by atoms with van der Waals surface area (Å²) >= 11 is 0. The number of likely N-dealkylation sites (tertiary alicyclic amines) is 1. The van der Waals surface area contributed by atoms with Crippen molar-refractivity contribution in [1.29, 1.82) is 0 Å². The number of benzene rings is 3. The molecule has 0 aromatic heterocycles. The Morgan fingerprint density at radius 2 is 1.33 bits per heavy atom. The maximum Gasteiger partial charge on any atom is 0.416 e. The van der Waals surface area contributed by atoms with Gasteiger partial charge in [0, 0.05) is 36.6 Å². The predicted octanol–water partition coefficient (Wildman–Crippen LogP) is 7.21. The van der Waals surface area contributed by atoms with E-state index in [2.05, 4.69) is 58.7 Å². The van der Waals surface area contributed by atoms with E-state index in [9.17, 15) is 33.0 Å². The van der Waals surface area contributed by atoms with E-state index >= 15 is 0 Å². The minimum Gasteiger partial charge on any atom is -0.481 e. The van der Waals surface area contributed by atoms with Crippen LogP contribution < -0.4 is 5.32 Å². The first-order valence-corrected chi connectivity index (χ1v) is 17.1. The van der Waals surface area contributed by atoms with Crippen LogP contribution in [0.2, 0.25) is 0 Å². The summed E-state index contributed by atoms with van der Waals surface area (Å²) in [5, 5.41) is 24.7. The molecule has 3 aromatic carbocycles. The Hall–Kier alpha value is -3.73. The van der Waals surface area contributed by atoms with Crippen molar-refractivity contribution in [2.75, 3.05) is 32.8 Å². The molecule has 264 valence electrons. The molecule has 7 nitrogen and oxygen atoms in total. The SMILES string of the molecule is CCC1(C(=O)O)C(C)NC(C)C(CCOCCN2CCC(c3ccccc3)(c3ccccc3)CC2)(C(=O)O)[C@@H]1c1ccccc1C(F)(F)F. The van der Waals surface area contributed by atoms with Crippen molar-refractivity contribution in [1.82, 2.24) is 10.2 Å². The van der Waals surface area contributed by atoms with Crippen molar-refractivity contribution in [3.8, 4) is 0 Å². The second-order valence-corrected chi connectivity index (χ2v) is 13.7. The second-order valence-electron chi connectivity index (χ2n) is 13.7. The van der Waals surface area contributed by atoms with Gasteiger partial charge in [0.05, 0.1) is 23.0 Å². The van der Waals surface area contributed by atoms with Crippen molar-refractivity contribution < 1.29 is 37.7 Å². The molecule has 10 heteroatoms. The highest BCUT2D eigenvalue weighted by molar-refractivity contribution is 5.84. The standard InChI is InChI=1S/C39H47F3N2O5/c1-4-37(34(45)46)27(2)43-28(3)38(35(47)48,33(37)31-17-11-12-18-32(31)39(40,41)42)21-25-49-26-24-44-22-19-36(20-23-44,29-13-7-5-8-14-29)30-15-9-6-10-16-30/h5-18,27-28,33,43H,4,19-26H2,1-3H3,(H,45,46)(H,47,48)/t27?,28?,33-,37?,38?/m1/s1. The number of carbonyl (C=O) groups is 2. The van der Waals surface area contributed by atoms with Gasteiger partial charge in [-0.25, -0.2) is 0 Å². The molecule has 2 saturated heterocycles.